The molecule has 2 aromatic heterocycles. The number of rotatable bonds is 4. The molecule has 0 saturated carbocycles. The van der Waals surface area contributed by atoms with Crippen LogP contribution in [0.4, 0.5) is 0 Å². The Morgan fingerprint density at radius 2 is 2.04 bits per heavy atom. The summed E-state index contributed by atoms with van der Waals surface area (Å²) in [5, 5.41) is 6.34. The van der Waals surface area contributed by atoms with Crippen LogP contribution in [0.15, 0.2) is 39.3 Å². The molecule has 2 N–H and O–H groups in total. The fraction of sp³-hybridized carbons (Fsp3) is 0.143. The van der Waals surface area contributed by atoms with E-state index in [2.05, 4.69) is 20.9 Å². The van der Waals surface area contributed by atoms with Crippen LogP contribution >= 0.6 is 38.9 Å². The van der Waals surface area contributed by atoms with Crippen molar-refractivity contribution in [3.8, 4) is 5.69 Å². The molecule has 0 atom stereocenters. The average molecular weight is 449 g/mol. The number of halogens is 2. The summed E-state index contributed by atoms with van der Waals surface area (Å²) in [5.74, 6) is 0.486. The Morgan fingerprint density at radius 3 is 2.67 bits per heavy atom. The first-order valence-electron chi connectivity index (χ1n) is 6.72. The van der Waals surface area contributed by atoms with Crippen molar-refractivity contribution in [3.63, 3.8) is 0 Å². The number of alkyl halides is 1. The van der Waals surface area contributed by atoms with E-state index in [0.717, 1.165) is 11.3 Å². The highest BCUT2D eigenvalue weighted by Gasteiger charge is 2.20. The van der Waals surface area contributed by atoms with Crippen molar-refractivity contribution in [1.29, 1.82) is 0 Å². The van der Waals surface area contributed by atoms with E-state index in [1.165, 1.54) is 10.6 Å². The van der Waals surface area contributed by atoms with E-state index in [-0.39, 0.29) is 15.2 Å². The number of fused-ring (bicyclic) bond motifs is 1. The number of nitrogens with two attached hydrogens (primary N) is 1. The Morgan fingerprint density at radius 1 is 1.33 bits per heavy atom. The van der Waals surface area contributed by atoms with E-state index in [1.54, 1.807) is 24.3 Å². The molecular weight excluding hydrogens is 438 g/mol. The van der Waals surface area contributed by atoms with Crippen molar-refractivity contribution in [1.82, 2.24) is 9.55 Å². The van der Waals surface area contributed by atoms with Gasteiger partial charge in [0.2, 0.25) is 10.0 Å². The Bertz CT molecular complexity index is 1090. The van der Waals surface area contributed by atoms with Gasteiger partial charge in [-0.3, -0.25) is 9.36 Å². The second kappa shape index (κ2) is 6.57. The van der Waals surface area contributed by atoms with Gasteiger partial charge in [-0.2, -0.15) is 0 Å². The zero-order valence-corrected chi connectivity index (χ0v) is 16.0. The molecule has 3 rings (SSSR count). The van der Waals surface area contributed by atoms with Crippen molar-refractivity contribution >= 4 is 59.1 Å². The molecule has 0 amide bonds. The minimum atomic E-state index is -3.90. The second-order valence-corrected chi connectivity index (χ2v) is 8.91. The summed E-state index contributed by atoms with van der Waals surface area (Å²) < 4.78 is 24.4. The van der Waals surface area contributed by atoms with Crippen molar-refractivity contribution in [2.75, 3.05) is 5.33 Å². The Hall–Kier alpha value is -1.26. The summed E-state index contributed by atoms with van der Waals surface area (Å²) in [7, 11) is -3.90. The third-order valence-corrected chi connectivity index (χ3v) is 6.47. The van der Waals surface area contributed by atoms with Gasteiger partial charge in [-0.15, -0.1) is 11.3 Å². The Labute approximate surface area is 155 Å². The lowest BCUT2D eigenvalue weighted by molar-refractivity contribution is 0.600. The predicted octanol–water partition coefficient (Wildman–Crippen LogP) is 2.69. The molecule has 0 aliphatic rings. The third-order valence-electron chi connectivity index (χ3n) is 3.30. The lowest BCUT2D eigenvalue weighted by Crippen LogP contribution is -2.24. The smallest absolute Gasteiger partial charge is 0.266 e. The van der Waals surface area contributed by atoms with E-state index in [0.29, 0.717) is 33.1 Å². The normalized spacial score (nSPS) is 12.0. The van der Waals surface area contributed by atoms with Gasteiger partial charge in [-0.1, -0.05) is 39.7 Å². The van der Waals surface area contributed by atoms with Gasteiger partial charge >= 0.3 is 0 Å². The second-order valence-electron chi connectivity index (χ2n) is 4.89. The molecule has 3 aromatic rings. The number of para-hydroxylation sites is 1. The van der Waals surface area contributed by atoms with Crippen LogP contribution in [-0.2, 0) is 16.4 Å². The number of nitrogens with zero attached hydrogens (tertiary/aromatic N) is 2. The van der Waals surface area contributed by atoms with Gasteiger partial charge in [0.25, 0.3) is 5.56 Å². The maximum absolute atomic E-state index is 12.9. The molecule has 0 spiro atoms. The largest absolute Gasteiger partial charge is 0.268 e. The number of sulfonamides is 1. The zero-order valence-electron chi connectivity index (χ0n) is 12.1. The summed E-state index contributed by atoms with van der Waals surface area (Å²) >= 11 is 10.4. The number of thiophene rings is 1. The SMILES string of the molecule is NS(=O)(=O)c1cc2c(=O)n(-c3ccccc3Cl)c(CCBr)nc2s1. The highest BCUT2D eigenvalue weighted by molar-refractivity contribution is 9.09. The highest BCUT2D eigenvalue weighted by atomic mass is 79.9. The van der Waals surface area contributed by atoms with Gasteiger partial charge in [-0.05, 0) is 18.2 Å². The first kappa shape index (κ1) is 17.6. The summed E-state index contributed by atoms with van der Waals surface area (Å²) in [4.78, 5) is 17.7. The fourth-order valence-corrected chi connectivity index (χ4v) is 4.61. The zero-order chi connectivity index (χ0) is 17.5. The minimum Gasteiger partial charge on any atom is -0.268 e. The highest BCUT2D eigenvalue weighted by Crippen LogP contribution is 2.27. The molecular formula is C14H11BrClN3O3S2. The Kier molecular flexibility index (Phi) is 4.80. The molecule has 2 heterocycles. The van der Waals surface area contributed by atoms with Crippen LogP contribution in [-0.4, -0.2) is 23.3 Å². The maximum atomic E-state index is 12.9. The molecule has 24 heavy (non-hydrogen) atoms. The average Bonchev–Trinajstić information content (AvgIpc) is 2.94. The van der Waals surface area contributed by atoms with Crippen molar-refractivity contribution in [2.24, 2.45) is 5.14 Å². The molecule has 0 saturated heterocycles. The first-order chi connectivity index (χ1) is 11.3. The third kappa shape index (κ3) is 3.14. The molecule has 126 valence electrons. The molecule has 0 aliphatic carbocycles. The van der Waals surface area contributed by atoms with Crippen LogP contribution < -0.4 is 10.7 Å². The lowest BCUT2D eigenvalue weighted by Gasteiger charge is -2.12. The Balaban J connectivity index is 2.39. The first-order valence-corrected chi connectivity index (χ1v) is 10.6. The van der Waals surface area contributed by atoms with Gasteiger partial charge in [0.1, 0.15) is 14.9 Å². The van der Waals surface area contributed by atoms with Crippen LogP contribution in [0.5, 0.6) is 0 Å². The van der Waals surface area contributed by atoms with Crippen LogP contribution in [0.25, 0.3) is 15.9 Å². The van der Waals surface area contributed by atoms with Gasteiger partial charge < -0.3 is 0 Å². The predicted molar refractivity (Wildman–Crippen MR) is 99.1 cm³/mol. The number of aromatic nitrogens is 2. The van der Waals surface area contributed by atoms with Gasteiger partial charge in [0.15, 0.2) is 0 Å². The topological polar surface area (TPSA) is 95.0 Å². The van der Waals surface area contributed by atoms with Crippen molar-refractivity contribution in [3.05, 3.63) is 51.5 Å². The number of benzene rings is 1. The summed E-state index contributed by atoms with van der Waals surface area (Å²) in [6.07, 6.45) is 0.471. The molecule has 0 bridgehead atoms. The van der Waals surface area contributed by atoms with Crippen LogP contribution in [0.2, 0.25) is 5.02 Å². The van der Waals surface area contributed by atoms with E-state index in [9.17, 15) is 13.2 Å². The monoisotopic (exact) mass is 447 g/mol. The van der Waals surface area contributed by atoms with Crippen LogP contribution in [0, 0.1) is 0 Å². The number of hydrogen-bond donors (Lipinski definition) is 1. The minimum absolute atomic E-state index is 0.0937. The molecule has 0 unspecified atom stereocenters. The molecule has 0 fully saturated rings. The van der Waals surface area contributed by atoms with Crippen LogP contribution in [0.3, 0.4) is 0 Å². The molecule has 6 nitrogen and oxygen atoms in total. The summed E-state index contributed by atoms with van der Waals surface area (Å²) in [5.41, 5.74) is 0.119. The summed E-state index contributed by atoms with van der Waals surface area (Å²) in [6.45, 7) is 0. The molecule has 1 aromatic carbocycles. The van der Waals surface area contributed by atoms with Gasteiger partial charge in [0.05, 0.1) is 16.1 Å². The quantitative estimate of drug-likeness (QED) is 0.621. The molecule has 0 aliphatic heterocycles. The lowest BCUT2D eigenvalue weighted by atomic mass is 10.2. The van der Waals surface area contributed by atoms with Crippen molar-refractivity contribution in [2.45, 2.75) is 10.6 Å². The fourth-order valence-electron chi connectivity index (χ4n) is 2.27. The number of hydrogen-bond acceptors (Lipinski definition) is 5. The van der Waals surface area contributed by atoms with E-state index < -0.39 is 10.0 Å². The van der Waals surface area contributed by atoms with Crippen LogP contribution in [0.1, 0.15) is 5.82 Å². The van der Waals surface area contributed by atoms with E-state index >= 15 is 0 Å². The van der Waals surface area contributed by atoms with Crippen molar-refractivity contribution < 1.29 is 8.42 Å². The van der Waals surface area contributed by atoms with Gasteiger partial charge in [-0.25, -0.2) is 18.5 Å². The standard InChI is InChI=1S/C14H11BrClN3O3S2/c15-6-5-11-18-13-8(7-12(23-13)24(17,21)22)14(20)19(11)10-4-2-1-3-9(10)16/h1-4,7H,5-6H2,(H2,17,21,22). The van der Waals surface area contributed by atoms with Gasteiger partial charge in [0, 0.05) is 11.8 Å². The van der Waals surface area contributed by atoms with E-state index in [1.807, 2.05) is 0 Å². The number of aryl methyl sites for hydroxylation is 1. The summed E-state index contributed by atoms with van der Waals surface area (Å²) in [6, 6.07) is 8.17. The van der Waals surface area contributed by atoms with E-state index in [4.69, 9.17) is 16.7 Å². The maximum Gasteiger partial charge on any atom is 0.266 e. The number of primary sulfonamides is 1. The molecule has 0 radical (unpaired) electrons. The molecule has 10 heteroatoms.